The number of benzene rings is 2. The lowest BCUT2D eigenvalue weighted by Gasteiger charge is -2.25. The highest BCUT2D eigenvalue weighted by molar-refractivity contribution is 5.81. The van der Waals surface area contributed by atoms with Crippen LogP contribution >= 0.6 is 0 Å². The molecule has 0 aromatic heterocycles. The number of halogens is 1. The van der Waals surface area contributed by atoms with Crippen LogP contribution < -0.4 is 4.74 Å². The number of rotatable bonds is 5. The van der Waals surface area contributed by atoms with Gasteiger partial charge in [0.15, 0.2) is 6.10 Å². The zero-order chi connectivity index (χ0) is 18.4. The van der Waals surface area contributed by atoms with Crippen molar-refractivity contribution in [2.24, 2.45) is 0 Å². The molecule has 0 spiro atoms. The number of ether oxygens (including phenoxy) is 1. The molecule has 1 aliphatic rings. The van der Waals surface area contributed by atoms with Crippen molar-refractivity contribution in [2.75, 3.05) is 26.2 Å². The molecule has 2 aromatic rings. The van der Waals surface area contributed by atoms with Crippen molar-refractivity contribution in [1.29, 1.82) is 0 Å². The summed E-state index contributed by atoms with van der Waals surface area (Å²) >= 11 is 0. The van der Waals surface area contributed by atoms with Crippen LogP contribution in [0.25, 0.3) is 0 Å². The number of nitrogens with zero attached hydrogens (tertiary/aromatic N) is 2. The second kappa shape index (κ2) is 8.81. The molecule has 1 heterocycles. The second-order valence-electron chi connectivity index (χ2n) is 6.65. The summed E-state index contributed by atoms with van der Waals surface area (Å²) in [6.07, 6.45) is 0.423. The number of hydrogen-bond acceptors (Lipinski definition) is 3. The first-order valence-corrected chi connectivity index (χ1v) is 9.09. The van der Waals surface area contributed by atoms with Crippen LogP contribution in [0.1, 0.15) is 18.9 Å². The van der Waals surface area contributed by atoms with Gasteiger partial charge in [0.05, 0.1) is 0 Å². The maximum absolute atomic E-state index is 13.0. The summed E-state index contributed by atoms with van der Waals surface area (Å²) in [5, 5.41) is 0. The van der Waals surface area contributed by atoms with Crippen molar-refractivity contribution in [3.8, 4) is 5.75 Å². The fraction of sp³-hybridized carbons (Fsp3) is 0.381. The molecule has 5 heteroatoms. The topological polar surface area (TPSA) is 32.8 Å². The smallest absolute Gasteiger partial charge is 0.263 e. The summed E-state index contributed by atoms with van der Waals surface area (Å²) in [7, 11) is 0. The highest BCUT2D eigenvalue weighted by Crippen LogP contribution is 2.14. The molecule has 138 valence electrons. The molecule has 2 aromatic carbocycles. The van der Waals surface area contributed by atoms with Crippen LogP contribution in [0.4, 0.5) is 4.39 Å². The summed E-state index contributed by atoms with van der Waals surface area (Å²) in [4.78, 5) is 16.9. The Balaban J connectivity index is 1.52. The predicted molar refractivity (Wildman–Crippen MR) is 99.4 cm³/mol. The third kappa shape index (κ3) is 5.05. The monoisotopic (exact) mass is 356 g/mol. The van der Waals surface area contributed by atoms with Gasteiger partial charge in [-0.2, -0.15) is 0 Å². The van der Waals surface area contributed by atoms with Crippen LogP contribution in [0.3, 0.4) is 0 Å². The zero-order valence-corrected chi connectivity index (χ0v) is 15.1. The lowest BCUT2D eigenvalue weighted by Crippen LogP contribution is -2.42. The molecular formula is C21H25FN2O2. The van der Waals surface area contributed by atoms with Gasteiger partial charge in [-0.25, -0.2) is 4.39 Å². The fourth-order valence-electron chi connectivity index (χ4n) is 3.21. The quantitative estimate of drug-likeness (QED) is 0.824. The zero-order valence-electron chi connectivity index (χ0n) is 15.1. The van der Waals surface area contributed by atoms with Gasteiger partial charge in [-0.3, -0.25) is 9.69 Å². The molecule has 0 bridgehead atoms. The van der Waals surface area contributed by atoms with Crippen LogP contribution in [0.5, 0.6) is 5.75 Å². The number of carbonyl (C=O) groups excluding carboxylic acids is 1. The van der Waals surface area contributed by atoms with E-state index in [0.717, 1.165) is 38.2 Å². The Morgan fingerprint density at radius 1 is 1.04 bits per heavy atom. The summed E-state index contributed by atoms with van der Waals surface area (Å²) in [5.74, 6) is 0.521. The minimum atomic E-state index is -0.499. The Kier molecular flexibility index (Phi) is 6.23. The first-order chi connectivity index (χ1) is 12.6. The average molecular weight is 356 g/mol. The molecule has 1 unspecified atom stereocenters. The van der Waals surface area contributed by atoms with Crippen molar-refractivity contribution < 1.29 is 13.9 Å². The second-order valence-corrected chi connectivity index (χ2v) is 6.65. The molecule has 0 N–H and O–H groups in total. The van der Waals surface area contributed by atoms with Gasteiger partial charge in [0, 0.05) is 32.7 Å². The van der Waals surface area contributed by atoms with Crippen LogP contribution in [0, 0.1) is 5.82 Å². The van der Waals surface area contributed by atoms with Gasteiger partial charge >= 0.3 is 0 Å². The summed E-state index contributed by atoms with van der Waals surface area (Å²) < 4.78 is 18.8. The molecule has 1 fully saturated rings. The maximum Gasteiger partial charge on any atom is 0.263 e. The molecule has 4 nitrogen and oxygen atoms in total. The van der Waals surface area contributed by atoms with E-state index in [9.17, 15) is 9.18 Å². The van der Waals surface area contributed by atoms with E-state index in [1.54, 1.807) is 6.92 Å². The Labute approximate surface area is 154 Å². The molecule has 0 aliphatic carbocycles. The standard InChI is InChI=1S/C21H25FN2O2/c1-17(26-20-6-3-2-4-7-20)21(25)24-13-5-12-23(14-15-24)16-18-8-10-19(22)11-9-18/h2-4,6-11,17H,5,12-16H2,1H3. The van der Waals surface area contributed by atoms with Gasteiger partial charge in [0.1, 0.15) is 11.6 Å². The Bertz CT molecular complexity index is 706. The molecule has 0 saturated carbocycles. The Hall–Kier alpha value is -2.40. The van der Waals surface area contributed by atoms with Gasteiger partial charge in [0.2, 0.25) is 0 Å². The molecule has 3 rings (SSSR count). The molecule has 1 amide bonds. The van der Waals surface area contributed by atoms with Crippen LogP contribution in [-0.2, 0) is 11.3 Å². The summed E-state index contributed by atoms with van der Waals surface area (Å²) in [6, 6.07) is 16.0. The van der Waals surface area contributed by atoms with Gasteiger partial charge < -0.3 is 9.64 Å². The molecule has 1 saturated heterocycles. The molecule has 1 atom stereocenters. The first-order valence-electron chi connectivity index (χ1n) is 9.09. The summed E-state index contributed by atoms with van der Waals surface area (Å²) in [5.41, 5.74) is 1.09. The number of para-hydroxylation sites is 1. The molecule has 0 radical (unpaired) electrons. The predicted octanol–water partition coefficient (Wildman–Crippen LogP) is 3.33. The minimum Gasteiger partial charge on any atom is -0.481 e. The van der Waals surface area contributed by atoms with Crippen molar-refractivity contribution in [3.05, 3.63) is 66.0 Å². The van der Waals surface area contributed by atoms with E-state index in [1.165, 1.54) is 12.1 Å². The van der Waals surface area contributed by atoms with E-state index in [-0.39, 0.29) is 11.7 Å². The van der Waals surface area contributed by atoms with Gasteiger partial charge in [-0.05, 0) is 43.2 Å². The minimum absolute atomic E-state index is 0.0254. The number of amides is 1. The van der Waals surface area contributed by atoms with Crippen LogP contribution in [0.15, 0.2) is 54.6 Å². The number of hydrogen-bond donors (Lipinski definition) is 0. The molecule has 26 heavy (non-hydrogen) atoms. The highest BCUT2D eigenvalue weighted by Gasteiger charge is 2.24. The maximum atomic E-state index is 13.0. The summed E-state index contributed by atoms with van der Waals surface area (Å²) in [6.45, 7) is 5.73. The molecule has 1 aliphatic heterocycles. The van der Waals surface area contributed by atoms with Gasteiger partial charge in [0.25, 0.3) is 5.91 Å². The van der Waals surface area contributed by atoms with Gasteiger partial charge in [-0.1, -0.05) is 30.3 Å². The van der Waals surface area contributed by atoms with E-state index >= 15 is 0 Å². The largest absolute Gasteiger partial charge is 0.481 e. The normalized spacial score (nSPS) is 16.8. The van der Waals surface area contributed by atoms with E-state index in [1.807, 2.05) is 47.4 Å². The lowest BCUT2D eigenvalue weighted by molar-refractivity contribution is -0.137. The van der Waals surface area contributed by atoms with E-state index in [2.05, 4.69) is 4.90 Å². The van der Waals surface area contributed by atoms with E-state index in [4.69, 9.17) is 4.74 Å². The van der Waals surface area contributed by atoms with Crippen LogP contribution in [-0.4, -0.2) is 48.0 Å². The fourth-order valence-corrected chi connectivity index (χ4v) is 3.21. The van der Waals surface area contributed by atoms with Gasteiger partial charge in [-0.15, -0.1) is 0 Å². The average Bonchev–Trinajstić information content (AvgIpc) is 2.89. The van der Waals surface area contributed by atoms with E-state index < -0.39 is 6.10 Å². The van der Waals surface area contributed by atoms with E-state index in [0.29, 0.717) is 12.3 Å². The first kappa shape index (κ1) is 18.4. The van der Waals surface area contributed by atoms with Crippen molar-refractivity contribution >= 4 is 5.91 Å². The van der Waals surface area contributed by atoms with Crippen LogP contribution in [0.2, 0.25) is 0 Å². The molecular weight excluding hydrogens is 331 g/mol. The third-order valence-electron chi connectivity index (χ3n) is 4.62. The third-order valence-corrected chi connectivity index (χ3v) is 4.62. The Morgan fingerprint density at radius 3 is 2.50 bits per heavy atom. The van der Waals surface area contributed by atoms with Crippen molar-refractivity contribution in [3.63, 3.8) is 0 Å². The SMILES string of the molecule is CC(Oc1ccccc1)C(=O)N1CCCN(Cc2ccc(F)cc2)CC1. The van der Waals surface area contributed by atoms with Crippen molar-refractivity contribution in [2.45, 2.75) is 26.0 Å². The highest BCUT2D eigenvalue weighted by atomic mass is 19.1. The van der Waals surface area contributed by atoms with Crippen molar-refractivity contribution in [1.82, 2.24) is 9.80 Å². The Morgan fingerprint density at radius 2 is 1.77 bits per heavy atom. The number of carbonyl (C=O) groups is 1. The lowest BCUT2D eigenvalue weighted by atomic mass is 10.2.